The highest BCUT2D eigenvalue weighted by atomic mass is 19.1. The Bertz CT molecular complexity index is 3220. The number of aromatic nitrogens is 5. The first-order valence-corrected chi connectivity index (χ1v) is 19.0. The van der Waals surface area contributed by atoms with Crippen LogP contribution >= 0.6 is 0 Å². The van der Waals surface area contributed by atoms with Gasteiger partial charge in [0.1, 0.15) is 5.82 Å². The number of nitrogens with zero attached hydrogens (tertiary/aromatic N) is 5. The lowest BCUT2D eigenvalue weighted by Crippen LogP contribution is -2.00. The zero-order valence-electron chi connectivity index (χ0n) is 30.6. The molecule has 11 rings (SSSR count). The van der Waals surface area contributed by atoms with E-state index in [1.807, 2.05) is 72.8 Å². The second-order valence-electron chi connectivity index (χ2n) is 14.2. The molecule has 0 fully saturated rings. The van der Waals surface area contributed by atoms with Crippen LogP contribution in [-0.4, -0.2) is 24.1 Å². The molecule has 11 aromatic rings. The standard InChI is InChI=1S/C51H32FN5/c52-38-24-29-47-44(32-38)42-27-22-37(36-23-28-46-43(30-36)41-18-10-11-19-45(41)56(46)39-16-8-3-9-17-39)31-48(42)57(47)40-25-20-35(21-26-40)51-54-49(33-12-4-1-5-13-33)53-50(55-51)34-14-6-2-7-15-34/h1-32H. The van der Waals surface area contributed by atoms with Gasteiger partial charge in [-0.05, 0) is 90.0 Å². The molecule has 0 aliphatic rings. The highest BCUT2D eigenvalue weighted by molar-refractivity contribution is 6.12. The number of para-hydroxylation sites is 2. The van der Waals surface area contributed by atoms with E-state index in [9.17, 15) is 4.39 Å². The van der Waals surface area contributed by atoms with E-state index < -0.39 is 0 Å². The molecule has 5 nitrogen and oxygen atoms in total. The Balaban J connectivity index is 1.04. The molecular formula is C51H32FN5. The van der Waals surface area contributed by atoms with Gasteiger partial charge < -0.3 is 9.13 Å². The SMILES string of the molecule is Fc1ccc2c(c1)c1ccc(-c3ccc4c(c3)c3ccccc3n4-c3ccccc3)cc1n2-c1ccc(-c2nc(-c3ccccc3)nc(-c3ccccc3)n2)cc1. The van der Waals surface area contributed by atoms with Crippen LogP contribution in [0.3, 0.4) is 0 Å². The molecule has 0 bridgehead atoms. The summed E-state index contributed by atoms with van der Waals surface area (Å²) < 4.78 is 19.4. The van der Waals surface area contributed by atoms with Crippen molar-refractivity contribution in [2.24, 2.45) is 0 Å². The molecule has 0 radical (unpaired) electrons. The summed E-state index contributed by atoms with van der Waals surface area (Å²) in [6.45, 7) is 0. The lowest BCUT2D eigenvalue weighted by molar-refractivity contribution is 0.629. The smallest absolute Gasteiger partial charge is 0.164 e. The largest absolute Gasteiger partial charge is 0.309 e. The number of hydrogen-bond acceptors (Lipinski definition) is 3. The summed E-state index contributed by atoms with van der Waals surface area (Å²) >= 11 is 0. The van der Waals surface area contributed by atoms with E-state index in [-0.39, 0.29) is 5.82 Å². The minimum Gasteiger partial charge on any atom is -0.309 e. The normalized spacial score (nSPS) is 11.6. The van der Waals surface area contributed by atoms with Gasteiger partial charge >= 0.3 is 0 Å². The average Bonchev–Trinajstić information content (AvgIpc) is 3.79. The van der Waals surface area contributed by atoms with Crippen molar-refractivity contribution in [3.05, 3.63) is 200 Å². The molecule has 3 aromatic heterocycles. The summed E-state index contributed by atoms with van der Waals surface area (Å²) in [5, 5.41) is 4.24. The highest BCUT2D eigenvalue weighted by Gasteiger charge is 2.18. The molecule has 3 heterocycles. The first-order valence-electron chi connectivity index (χ1n) is 19.0. The van der Waals surface area contributed by atoms with Crippen molar-refractivity contribution >= 4 is 43.6 Å². The van der Waals surface area contributed by atoms with Crippen LogP contribution in [0.1, 0.15) is 0 Å². The molecule has 8 aromatic carbocycles. The molecular weight excluding hydrogens is 702 g/mol. The summed E-state index contributed by atoms with van der Waals surface area (Å²) in [5.74, 6) is 1.55. The molecule has 0 amide bonds. The van der Waals surface area contributed by atoms with Crippen molar-refractivity contribution < 1.29 is 4.39 Å². The van der Waals surface area contributed by atoms with Crippen LogP contribution in [-0.2, 0) is 0 Å². The Morgan fingerprint density at radius 2 is 0.737 bits per heavy atom. The van der Waals surface area contributed by atoms with E-state index in [0.29, 0.717) is 17.5 Å². The first-order chi connectivity index (χ1) is 28.2. The third kappa shape index (κ3) is 5.57. The minimum absolute atomic E-state index is 0.264. The van der Waals surface area contributed by atoms with Crippen LogP contribution in [0, 0.1) is 5.82 Å². The lowest BCUT2D eigenvalue weighted by atomic mass is 10.0. The molecule has 0 spiro atoms. The summed E-state index contributed by atoms with van der Waals surface area (Å²) in [4.78, 5) is 14.7. The monoisotopic (exact) mass is 733 g/mol. The molecule has 57 heavy (non-hydrogen) atoms. The van der Waals surface area contributed by atoms with Crippen molar-refractivity contribution in [2.45, 2.75) is 0 Å². The van der Waals surface area contributed by atoms with Crippen LogP contribution in [0.15, 0.2) is 194 Å². The lowest BCUT2D eigenvalue weighted by Gasteiger charge is -2.11. The number of rotatable bonds is 6. The zero-order chi connectivity index (χ0) is 37.9. The Kier molecular flexibility index (Phi) is 7.60. The molecule has 0 saturated carbocycles. The van der Waals surface area contributed by atoms with Gasteiger partial charge in [0.2, 0.25) is 0 Å². The molecule has 0 atom stereocenters. The first kappa shape index (κ1) is 32.7. The van der Waals surface area contributed by atoms with Crippen molar-refractivity contribution in [1.82, 2.24) is 24.1 Å². The van der Waals surface area contributed by atoms with Gasteiger partial charge in [-0.2, -0.15) is 0 Å². The van der Waals surface area contributed by atoms with Gasteiger partial charge in [-0.25, -0.2) is 19.3 Å². The average molecular weight is 734 g/mol. The van der Waals surface area contributed by atoms with E-state index in [1.165, 1.54) is 22.4 Å². The van der Waals surface area contributed by atoms with Crippen LogP contribution in [0.2, 0.25) is 0 Å². The molecule has 0 unspecified atom stereocenters. The van der Waals surface area contributed by atoms with E-state index in [1.54, 1.807) is 6.07 Å². The van der Waals surface area contributed by atoms with Gasteiger partial charge in [0.25, 0.3) is 0 Å². The molecule has 0 N–H and O–H groups in total. The van der Waals surface area contributed by atoms with Crippen molar-refractivity contribution in [1.29, 1.82) is 0 Å². The van der Waals surface area contributed by atoms with Crippen molar-refractivity contribution in [2.75, 3.05) is 0 Å². The summed E-state index contributed by atoms with van der Waals surface area (Å²) in [5.41, 5.74) is 11.2. The number of halogens is 1. The fraction of sp³-hybridized carbons (Fsp3) is 0. The third-order valence-corrected chi connectivity index (χ3v) is 10.8. The second kappa shape index (κ2) is 13.3. The van der Waals surface area contributed by atoms with E-state index in [4.69, 9.17) is 15.0 Å². The predicted octanol–water partition coefficient (Wildman–Crippen LogP) is 12.9. The fourth-order valence-electron chi connectivity index (χ4n) is 8.16. The molecule has 0 aliphatic heterocycles. The fourth-order valence-corrected chi connectivity index (χ4v) is 8.16. The topological polar surface area (TPSA) is 48.5 Å². The Morgan fingerprint density at radius 1 is 0.298 bits per heavy atom. The summed E-state index contributed by atoms with van der Waals surface area (Å²) in [6, 6.07) is 65.6. The second-order valence-corrected chi connectivity index (χ2v) is 14.2. The van der Waals surface area contributed by atoms with Crippen LogP contribution in [0.4, 0.5) is 4.39 Å². The molecule has 6 heteroatoms. The van der Waals surface area contributed by atoms with Crippen molar-refractivity contribution in [3.8, 4) is 56.7 Å². The van der Waals surface area contributed by atoms with Crippen molar-refractivity contribution in [3.63, 3.8) is 0 Å². The van der Waals surface area contributed by atoms with Gasteiger partial charge in [-0.1, -0.05) is 115 Å². The van der Waals surface area contributed by atoms with Gasteiger partial charge in [0.05, 0.1) is 22.1 Å². The number of fused-ring (bicyclic) bond motifs is 6. The van der Waals surface area contributed by atoms with Gasteiger partial charge in [0.15, 0.2) is 17.5 Å². The highest BCUT2D eigenvalue weighted by Crippen LogP contribution is 2.39. The number of hydrogen-bond donors (Lipinski definition) is 0. The maximum Gasteiger partial charge on any atom is 0.164 e. The minimum atomic E-state index is -0.264. The maximum atomic E-state index is 14.8. The predicted molar refractivity (Wildman–Crippen MR) is 230 cm³/mol. The summed E-state index contributed by atoms with van der Waals surface area (Å²) in [6.07, 6.45) is 0. The Morgan fingerprint density at radius 3 is 1.40 bits per heavy atom. The van der Waals surface area contributed by atoms with Gasteiger partial charge in [-0.3, -0.25) is 0 Å². The zero-order valence-corrected chi connectivity index (χ0v) is 30.6. The van der Waals surface area contributed by atoms with Gasteiger partial charge in [-0.15, -0.1) is 0 Å². The Labute approximate surface area is 327 Å². The van der Waals surface area contributed by atoms with E-state index in [0.717, 1.165) is 66.5 Å². The van der Waals surface area contributed by atoms with E-state index in [2.05, 4.69) is 118 Å². The van der Waals surface area contributed by atoms with Crippen LogP contribution < -0.4 is 0 Å². The summed E-state index contributed by atoms with van der Waals surface area (Å²) in [7, 11) is 0. The quantitative estimate of drug-likeness (QED) is 0.171. The van der Waals surface area contributed by atoms with Crippen LogP contribution in [0.5, 0.6) is 0 Å². The molecule has 0 aliphatic carbocycles. The Hall–Kier alpha value is -7.70. The van der Waals surface area contributed by atoms with E-state index >= 15 is 0 Å². The maximum absolute atomic E-state index is 14.8. The number of benzene rings is 8. The van der Waals surface area contributed by atoms with Gasteiger partial charge in [0, 0.05) is 49.6 Å². The van der Waals surface area contributed by atoms with Crippen LogP contribution in [0.25, 0.3) is 100 Å². The molecule has 268 valence electrons. The molecule has 0 saturated heterocycles. The third-order valence-electron chi connectivity index (χ3n) is 10.8.